The highest BCUT2D eigenvalue weighted by molar-refractivity contribution is 9.10. The number of thiazole rings is 1. The number of hydrogen-bond donors (Lipinski definition) is 1. The normalized spacial score (nSPS) is 18.5. The third-order valence-electron chi connectivity index (χ3n) is 4.43. The first-order valence-electron chi connectivity index (χ1n) is 7.45. The lowest BCUT2D eigenvalue weighted by Crippen LogP contribution is -2.21. The fourth-order valence-electron chi connectivity index (χ4n) is 3.20. The highest BCUT2D eigenvalue weighted by Crippen LogP contribution is 2.36. The van der Waals surface area contributed by atoms with Gasteiger partial charge in [0.15, 0.2) is 0 Å². The average molecular weight is 411 g/mol. The van der Waals surface area contributed by atoms with Crippen LogP contribution in [0.1, 0.15) is 24.3 Å². The SMILES string of the molecule is O=S1(=O)CCC(c2c[nH]c3ccc(-c4nc(Br)cs4)cc23)CC1. The Labute approximate surface area is 147 Å². The van der Waals surface area contributed by atoms with Crippen LogP contribution in [-0.4, -0.2) is 29.9 Å². The molecule has 0 aliphatic carbocycles. The summed E-state index contributed by atoms with van der Waals surface area (Å²) in [6, 6.07) is 6.30. The first kappa shape index (κ1) is 15.4. The van der Waals surface area contributed by atoms with E-state index in [9.17, 15) is 8.42 Å². The molecular weight excluding hydrogens is 396 g/mol. The van der Waals surface area contributed by atoms with Crippen molar-refractivity contribution < 1.29 is 8.42 Å². The molecule has 1 aromatic carbocycles. The number of hydrogen-bond acceptors (Lipinski definition) is 4. The number of nitrogens with zero attached hydrogens (tertiary/aromatic N) is 1. The Bertz CT molecular complexity index is 961. The molecule has 1 saturated heterocycles. The first-order chi connectivity index (χ1) is 11.0. The summed E-state index contributed by atoms with van der Waals surface area (Å²) in [6.45, 7) is 0. The van der Waals surface area contributed by atoms with Gasteiger partial charge in [0.2, 0.25) is 0 Å². The van der Waals surface area contributed by atoms with E-state index < -0.39 is 9.84 Å². The fourth-order valence-corrected chi connectivity index (χ4v) is 5.94. The van der Waals surface area contributed by atoms with Gasteiger partial charge in [0.25, 0.3) is 0 Å². The minimum Gasteiger partial charge on any atom is -0.361 e. The van der Waals surface area contributed by atoms with Crippen molar-refractivity contribution in [1.82, 2.24) is 9.97 Å². The lowest BCUT2D eigenvalue weighted by Gasteiger charge is -2.21. The second kappa shape index (κ2) is 5.72. The average Bonchev–Trinajstić information content (AvgIpc) is 3.13. The van der Waals surface area contributed by atoms with Crippen molar-refractivity contribution in [2.75, 3.05) is 11.5 Å². The fraction of sp³-hybridized carbons (Fsp3) is 0.312. The Kier molecular flexibility index (Phi) is 3.82. The van der Waals surface area contributed by atoms with E-state index in [1.807, 2.05) is 11.6 Å². The van der Waals surface area contributed by atoms with E-state index in [2.05, 4.69) is 44.1 Å². The number of fused-ring (bicyclic) bond motifs is 1. The molecule has 4 rings (SSSR count). The summed E-state index contributed by atoms with van der Waals surface area (Å²) in [7, 11) is -2.83. The Hall–Kier alpha value is -1.18. The maximum atomic E-state index is 11.7. The molecule has 0 unspecified atom stereocenters. The lowest BCUT2D eigenvalue weighted by molar-refractivity contribution is 0.551. The number of nitrogens with one attached hydrogen (secondary N) is 1. The molecular formula is C16H15BrN2O2S2. The molecule has 3 aromatic rings. The zero-order valence-corrected chi connectivity index (χ0v) is 15.5. The largest absolute Gasteiger partial charge is 0.361 e. The highest BCUT2D eigenvalue weighted by Gasteiger charge is 2.26. The van der Waals surface area contributed by atoms with E-state index in [1.54, 1.807) is 11.3 Å². The number of rotatable bonds is 2. The molecule has 3 heterocycles. The highest BCUT2D eigenvalue weighted by atomic mass is 79.9. The van der Waals surface area contributed by atoms with Gasteiger partial charge in [-0.3, -0.25) is 0 Å². The maximum absolute atomic E-state index is 11.7. The van der Waals surface area contributed by atoms with E-state index in [1.165, 1.54) is 10.9 Å². The van der Waals surface area contributed by atoms with E-state index in [0.29, 0.717) is 30.3 Å². The van der Waals surface area contributed by atoms with Gasteiger partial charge in [0.1, 0.15) is 19.4 Å². The molecule has 0 amide bonds. The summed E-state index contributed by atoms with van der Waals surface area (Å²) in [4.78, 5) is 7.79. The van der Waals surface area contributed by atoms with Gasteiger partial charge in [-0.2, -0.15) is 0 Å². The summed E-state index contributed by atoms with van der Waals surface area (Å²) >= 11 is 5.00. The summed E-state index contributed by atoms with van der Waals surface area (Å²) in [5.41, 5.74) is 3.41. The van der Waals surface area contributed by atoms with Crippen LogP contribution in [0.3, 0.4) is 0 Å². The van der Waals surface area contributed by atoms with Crippen LogP contribution in [-0.2, 0) is 9.84 Å². The molecule has 0 atom stereocenters. The third kappa shape index (κ3) is 2.97. The molecule has 4 nitrogen and oxygen atoms in total. The Morgan fingerprint density at radius 2 is 2.04 bits per heavy atom. The van der Waals surface area contributed by atoms with Crippen molar-refractivity contribution in [3.63, 3.8) is 0 Å². The van der Waals surface area contributed by atoms with Crippen LogP contribution in [0.15, 0.2) is 34.4 Å². The van der Waals surface area contributed by atoms with Crippen LogP contribution in [0.25, 0.3) is 21.5 Å². The summed E-state index contributed by atoms with van der Waals surface area (Å²) in [5, 5.41) is 4.14. The summed E-state index contributed by atoms with van der Waals surface area (Å²) in [6.07, 6.45) is 3.46. The molecule has 0 bridgehead atoms. The van der Waals surface area contributed by atoms with Crippen molar-refractivity contribution in [1.29, 1.82) is 0 Å². The van der Waals surface area contributed by atoms with Gasteiger partial charge in [-0.05, 0) is 58.5 Å². The van der Waals surface area contributed by atoms with Crippen molar-refractivity contribution in [3.8, 4) is 10.6 Å². The molecule has 1 aliphatic rings. The molecule has 0 saturated carbocycles. The number of H-pyrrole nitrogens is 1. The van der Waals surface area contributed by atoms with Gasteiger partial charge in [0, 0.05) is 28.0 Å². The van der Waals surface area contributed by atoms with E-state index in [4.69, 9.17) is 0 Å². The van der Waals surface area contributed by atoms with Crippen LogP contribution < -0.4 is 0 Å². The second-order valence-corrected chi connectivity index (χ2v) is 9.88. The lowest BCUT2D eigenvalue weighted by atomic mass is 9.93. The van der Waals surface area contributed by atoms with Crippen LogP contribution in [0.2, 0.25) is 0 Å². The first-order valence-corrected chi connectivity index (χ1v) is 10.9. The third-order valence-corrected chi connectivity index (χ3v) is 7.75. The molecule has 1 aliphatic heterocycles. The molecule has 0 radical (unpaired) electrons. The van der Waals surface area contributed by atoms with Crippen molar-refractivity contribution in [2.24, 2.45) is 0 Å². The zero-order valence-electron chi connectivity index (χ0n) is 12.3. The van der Waals surface area contributed by atoms with Gasteiger partial charge in [-0.25, -0.2) is 13.4 Å². The monoisotopic (exact) mass is 410 g/mol. The molecule has 2 aromatic heterocycles. The van der Waals surface area contributed by atoms with Gasteiger partial charge in [0.05, 0.1) is 11.5 Å². The maximum Gasteiger partial charge on any atom is 0.150 e. The number of halogens is 1. The smallest absolute Gasteiger partial charge is 0.150 e. The number of benzene rings is 1. The van der Waals surface area contributed by atoms with Crippen LogP contribution in [0, 0.1) is 0 Å². The van der Waals surface area contributed by atoms with Gasteiger partial charge < -0.3 is 4.98 Å². The Balaban J connectivity index is 1.73. The van der Waals surface area contributed by atoms with Crippen LogP contribution >= 0.6 is 27.3 Å². The topological polar surface area (TPSA) is 62.8 Å². The molecule has 7 heteroatoms. The van der Waals surface area contributed by atoms with Crippen molar-refractivity contribution >= 4 is 48.0 Å². The predicted octanol–water partition coefficient (Wildman–Crippen LogP) is 4.35. The quantitative estimate of drug-likeness (QED) is 0.682. The van der Waals surface area contributed by atoms with E-state index in [0.717, 1.165) is 20.7 Å². The van der Waals surface area contributed by atoms with E-state index >= 15 is 0 Å². The summed E-state index contributed by atoms with van der Waals surface area (Å²) < 4.78 is 24.2. The van der Waals surface area contributed by atoms with E-state index in [-0.39, 0.29) is 0 Å². The van der Waals surface area contributed by atoms with Gasteiger partial charge >= 0.3 is 0 Å². The number of aromatic amines is 1. The number of sulfone groups is 1. The molecule has 23 heavy (non-hydrogen) atoms. The van der Waals surface area contributed by atoms with Crippen molar-refractivity contribution in [2.45, 2.75) is 18.8 Å². The minimum absolute atomic E-state index is 0.295. The Morgan fingerprint density at radius 3 is 2.74 bits per heavy atom. The molecule has 120 valence electrons. The Morgan fingerprint density at radius 1 is 1.26 bits per heavy atom. The molecule has 1 N–H and O–H groups in total. The second-order valence-electron chi connectivity index (χ2n) is 5.91. The van der Waals surface area contributed by atoms with Crippen LogP contribution in [0.4, 0.5) is 0 Å². The predicted molar refractivity (Wildman–Crippen MR) is 97.7 cm³/mol. The minimum atomic E-state index is -2.83. The zero-order chi connectivity index (χ0) is 16.0. The number of aromatic nitrogens is 2. The van der Waals surface area contributed by atoms with Crippen molar-refractivity contribution in [3.05, 3.63) is 39.9 Å². The van der Waals surface area contributed by atoms with Crippen LogP contribution in [0.5, 0.6) is 0 Å². The molecule has 1 fully saturated rings. The summed E-state index contributed by atoms with van der Waals surface area (Å²) in [5.74, 6) is 0.901. The standard InChI is InChI=1S/C16H15BrN2O2S2/c17-15-9-22-16(19-15)11-1-2-14-12(7-11)13(8-18-14)10-3-5-23(20,21)6-4-10/h1-2,7-10,18H,3-6H2. The molecule has 0 spiro atoms. The van der Waals surface area contributed by atoms with Gasteiger partial charge in [-0.15, -0.1) is 11.3 Å². The van der Waals surface area contributed by atoms with Gasteiger partial charge in [-0.1, -0.05) is 0 Å².